The van der Waals surface area contributed by atoms with Gasteiger partial charge in [-0.15, -0.1) is 0 Å². The van der Waals surface area contributed by atoms with Crippen LogP contribution in [0, 0.1) is 6.92 Å². The monoisotopic (exact) mass is 212 g/mol. The molecule has 0 aromatic heterocycles. The van der Waals surface area contributed by atoms with Crippen molar-refractivity contribution in [3.8, 4) is 0 Å². The molecule has 0 atom stereocenters. The van der Waals surface area contributed by atoms with Gasteiger partial charge in [-0.25, -0.2) is 0 Å². The predicted molar refractivity (Wildman–Crippen MR) is 66.2 cm³/mol. The van der Waals surface area contributed by atoms with E-state index in [1.165, 1.54) is 11.1 Å². The van der Waals surface area contributed by atoms with Crippen molar-refractivity contribution >= 4 is 11.6 Å². The lowest BCUT2D eigenvalue weighted by atomic mass is 9.86. The molecule has 0 fully saturated rings. The summed E-state index contributed by atoms with van der Waals surface area (Å²) in [7, 11) is 0. The van der Waals surface area contributed by atoms with Crippen LogP contribution in [0.15, 0.2) is 18.2 Å². The molecule has 80 valence electrons. The molecule has 1 rings (SSSR count). The molecule has 0 N–H and O–H groups in total. The maximum atomic E-state index is 6.11. The van der Waals surface area contributed by atoms with Crippen molar-refractivity contribution in [3.05, 3.63) is 34.3 Å². The fraction of sp³-hybridized carbons (Fsp3) is 0.538. The molecular weight excluding hydrogens is 192 g/mol. The largest absolute Gasteiger partial charge is 0.0840 e. The van der Waals surface area contributed by atoms with Gasteiger partial charge in [-0.05, 0) is 29.5 Å². The molecule has 0 saturated heterocycles. The molecule has 14 heavy (non-hydrogen) atoms. The van der Waals surface area contributed by atoms with Crippen LogP contribution in [0.1, 0.15) is 45.7 Å². The molecule has 1 heteroatoms. The lowest BCUT2D eigenvalue weighted by Crippen LogP contribution is -2.11. The van der Waals surface area contributed by atoms with Gasteiger partial charge in [0.2, 0.25) is 0 Å². The summed E-state index contributed by atoms with van der Waals surface area (Å²) in [5.41, 5.74) is 2.58. The Morgan fingerprint density at radius 1 is 1.07 bits per heavy atom. The molecule has 0 heterocycles. The van der Waals surface area contributed by atoms with Crippen LogP contribution in [0.2, 0.25) is 5.02 Å². The van der Waals surface area contributed by atoms with E-state index in [-0.39, 0.29) is 5.41 Å². The van der Waals surface area contributed by atoms with Gasteiger partial charge in [-0.2, -0.15) is 0 Å². The Bertz CT molecular complexity index is 282. The van der Waals surface area contributed by atoms with E-state index in [2.05, 4.69) is 39.8 Å². The summed E-state index contributed by atoms with van der Waals surface area (Å²) in [6, 6.07) is 6.23. The Morgan fingerprint density at radius 3 is 1.93 bits per heavy atom. The first-order chi connectivity index (χ1) is 6.41. The number of benzene rings is 1. The molecule has 1 aromatic carbocycles. The third kappa shape index (κ3) is 3.71. The van der Waals surface area contributed by atoms with E-state index in [1.54, 1.807) is 0 Å². The first-order valence-electron chi connectivity index (χ1n) is 5.18. The molecule has 0 amide bonds. The highest BCUT2D eigenvalue weighted by Gasteiger charge is 2.16. The molecule has 0 saturated carbocycles. The summed E-state index contributed by atoms with van der Waals surface area (Å²) in [4.78, 5) is 0. The van der Waals surface area contributed by atoms with Crippen LogP contribution < -0.4 is 0 Å². The molecule has 0 unspecified atom stereocenters. The first-order valence-corrected chi connectivity index (χ1v) is 5.55. The van der Waals surface area contributed by atoms with Gasteiger partial charge in [0.05, 0.1) is 0 Å². The molecular formula is C13H21Cl. The number of hydrogen-bond acceptors (Lipinski definition) is 0. The van der Waals surface area contributed by atoms with Crippen molar-refractivity contribution in [2.45, 2.75) is 47.0 Å². The minimum absolute atomic E-state index is 0.144. The van der Waals surface area contributed by atoms with Crippen LogP contribution in [0.4, 0.5) is 0 Å². The lowest BCUT2D eigenvalue weighted by Gasteiger charge is -2.20. The van der Waals surface area contributed by atoms with E-state index in [0.29, 0.717) is 0 Å². The van der Waals surface area contributed by atoms with Gasteiger partial charge in [0.25, 0.3) is 0 Å². The predicted octanol–water partition coefficient (Wildman–Crippen LogP) is 4.97. The van der Waals surface area contributed by atoms with E-state index in [0.717, 1.165) is 5.02 Å². The molecule has 1 aromatic rings. The van der Waals surface area contributed by atoms with Crippen molar-refractivity contribution in [1.82, 2.24) is 0 Å². The first kappa shape index (κ1) is 13.5. The number of aryl methyl sites for hydroxylation is 1. The van der Waals surface area contributed by atoms with Crippen LogP contribution in [0.5, 0.6) is 0 Å². The Morgan fingerprint density at radius 2 is 1.57 bits per heavy atom. The summed E-state index contributed by atoms with van der Waals surface area (Å²) >= 11 is 6.11. The molecule has 0 aliphatic heterocycles. The summed E-state index contributed by atoms with van der Waals surface area (Å²) in [5, 5.41) is 0.877. The van der Waals surface area contributed by atoms with E-state index < -0.39 is 0 Å². The van der Waals surface area contributed by atoms with Crippen molar-refractivity contribution in [3.63, 3.8) is 0 Å². The van der Waals surface area contributed by atoms with Gasteiger partial charge < -0.3 is 0 Å². The Labute approximate surface area is 93.3 Å². The minimum atomic E-state index is 0.144. The highest BCUT2D eigenvalue weighted by atomic mass is 35.5. The fourth-order valence-electron chi connectivity index (χ4n) is 1.23. The van der Waals surface area contributed by atoms with Gasteiger partial charge >= 0.3 is 0 Å². The Hall–Kier alpha value is -0.490. The summed E-state index contributed by atoms with van der Waals surface area (Å²) in [5.74, 6) is 0. The zero-order valence-electron chi connectivity index (χ0n) is 10.1. The van der Waals surface area contributed by atoms with Crippen molar-refractivity contribution in [2.24, 2.45) is 0 Å². The summed E-state index contributed by atoms with van der Waals surface area (Å²) in [6.07, 6.45) is 0. The topological polar surface area (TPSA) is 0 Å². The Kier molecular flexibility index (Phi) is 5.22. The number of hydrogen-bond donors (Lipinski definition) is 0. The fourth-order valence-corrected chi connectivity index (χ4v) is 1.75. The maximum absolute atomic E-state index is 6.11. The zero-order chi connectivity index (χ0) is 11.4. The molecule has 0 aliphatic carbocycles. The standard InChI is InChI=1S/C11H15Cl.C2H6/c1-8-5-6-9(10(12)7-8)11(2,3)4;1-2/h5-7H,1-4H3;1-2H3. The van der Waals surface area contributed by atoms with E-state index in [4.69, 9.17) is 11.6 Å². The molecule has 0 aliphatic rings. The quantitative estimate of drug-likeness (QED) is 0.570. The summed E-state index contributed by atoms with van der Waals surface area (Å²) < 4.78 is 0. The van der Waals surface area contributed by atoms with E-state index in [9.17, 15) is 0 Å². The molecule has 0 bridgehead atoms. The van der Waals surface area contributed by atoms with Gasteiger partial charge in [-0.1, -0.05) is 58.4 Å². The number of halogens is 1. The minimum Gasteiger partial charge on any atom is -0.0840 e. The second-order valence-corrected chi connectivity index (χ2v) is 4.64. The average Bonchev–Trinajstić information content (AvgIpc) is 2.05. The lowest BCUT2D eigenvalue weighted by molar-refractivity contribution is 0.590. The third-order valence-electron chi connectivity index (χ3n) is 1.93. The van der Waals surface area contributed by atoms with E-state index >= 15 is 0 Å². The normalized spacial score (nSPS) is 10.5. The second-order valence-electron chi connectivity index (χ2n) is 4.23. The van der Waals surface area contributed by atoms with Crippen LogP contribution in [-0.2, 0) is 5.41 Å². The highest BCUT2D eigenvalue weighted by molar-refractivity contribution is 6.31. The van der Waals surface area contributed by atoms with Gasteiger partial charge in [-0.3, -0.25) is 0 Å². The van der Waals surface area contributed by atoms with Crippen molar-refractivity contribution in [1.29, 1.82) is 0 Å². The van der Waals surface area contributed by atoms with Crippen LogP contribution >= 0.6 is 11.6 Å². The van der Waals surface area contributed by atoms with Crippen LogP contribution in [-0.4, -0.2) is 0 Å². The summed E-state index contributed by atoms with van der Waals surface area (Å²) in [6.45, 7) is 12.6. The van der Waals surface area contributed by atoms with Crippen molar-refractivity contribution < 1.29 is 0 Å². The highest BCUT2D eigenvalue weighted by Crippen LogP contribution is 2.29. The maximum Gasteiger partial charge on any atom is 0.0445 e. The second kappa shape index (κ2) is 5.41. The van der Waals surface area contributed by atoms with Crippen molar-refractivity contribution in [2.75, 3.05) is 0 Å². The molecule has 0 spiro atoms. The van der Waals surface area contributed by atoms with Gasteiger partial charge in [0, 0.05) is 5.02 Å². The van der Waals surface area contributed by atoms with Gasteiger partial charge in [0.15, 0.2) is 0 Å². The number of rotatable bonds is 0. The SMILES string of the molecule is CC.Cc1ccc(C(C)(C)C)c(Cl)c1. The Balaban J connectivity index is 0.000000791. The van der Waals surface area contributed by atoms with Crippen LogP contribution in [0.3, 0.4) is 0 Å². The molecule has 0 nitrogen and oxygen atoms in total. The third-order valence-corrected chi connectivity index (χ3v) is 2.25. The zero-order valence-corrected chi connectivity index (χ0v) is 10.9. The van der Waals surface area contributed by atoms with E-state index in [1.807, 2.05) is 19.9 Å². The average molecular weight is 213 g/mol. The smallest absolute Gasteiger partial charge is 0.0445 e. The molecule has 0 radical (unpaired) electrons. The van der Waals surface area contributed by atoms with Crippen LogP contribution in [0.25, 0.3) is 0 Å². The van der Waals surface area contributed by atoms with Gasteiger partial charge in [0.1, 0.15) is 0 Å².